The number of methoxy groups -OCH3 is 2. The van der Waals surface area contributed by atoms with Crippen LogP contribution in [0.15, 0.2) is 24.3 Å². The van der Waals surface area contributed by atoms with Crippen molar-refractivity contribution in [3.8, 4) is 5.75 Å². The molecule has 0 spiro atoms. The first-order valence-electron chi connectivity index (χ1n) is 5.37. The van der Waals surface area contributed by atoms with Crippen LogP contribution in [0.3, 0.4) is 0 Å². The van der Waals surface area contributed by atoms with E-state index in [4.69, 9.17) is 4.74 Å². The number of amides is 2. The van der Waals surface area contributed by atoms with Gasteiger partial charge in [0.25, 0.3) is 0 Å². The smallest absolute Gasteiger partial charge is 0.407 e. The largest absolute Gasteiger partial charge is 0.496 e. The van der Waals surface area contributed by atoms with Gasteiger partial charge in [0.15, 0.2) is 0 Å². The second kappa shape index (κ2) is 7.16. The monoisotopic (exact) mass is 252 g/mol. The number of hydrogen-bond donors (Lipinski definition) is 2. The first-order valence-corrected chi connectivity index (χ1v) is 5.37. The highest BCUT2D eigenvalue weighted by atomic mass is 16.5. The Balaban J connectivity index is 2.40. The zero-order chi connectivity index (χ0) is 13.4. The summed E-state index contributed by atoms with van der Waals surface area (Å²) in [6.45, 7) is 0.216. The van der Waals surface area contributed by atoms with E-state index in [1.807, 2.05) is 24.3 Å². The van der Waals surface area contributed by atoms with Crippen molar-refractivity contribution >= 4 is 12.0 Å². The fraction of sp³-hybridized carbons (Fsp3) is 0.333. The lowest BCUT2D eigenvalue weighted by Crippen LogP contribution is -2.36. The number of alkyl carbamates (subject to hydrolysis) is 1. The van der Waals surface area contributed by atoms with E-state index >= 15 is 0 Å². The maximum absolute atomic E-state index is 11.4. The summed E-state index contributed by atoms with van der Waals surface area (Å²) in [6.07, 6.45) is -0.637. The maximum atomic E-state index is 11.4. The molecule has 1 aromatic carbocycles. The second-order valence-electron chi connectivity index (χ2n) is 3.43. The lowest BCUT2D eigenvalue weighted by atomic mass is 10.2. The fourth-order valence-corrected chi connectivity index (χ4v) is 1.33. The number of hydrogen-bond acceptors (Lipinski definition) is 4. The van der Waals surface area contributed by atoms with Crippen LogP contribution in [0.5, 0.6) is 5.75 Å². The van der Waals surface area contributed by atoms with E-state index in [2.05, 4.69) is 15.4 Å². The van der Waals surface area contributed by atoms with Gasteiger partial charge in [-0.2, -0.15) is 0 Å². The van der Waals surface area contributed by atoms with E-state index in [0.29, 0.717) is 12.3 Å². The normalized spacial score (nSPS) is 9.44. The van der Waals surface area contributed by atoms with Gasteiger partial charge in [0.2, 0.25) is 5.91 Å². The Hall–Kier alpha value is -2.24. The average molecular weight is 252 g/mol. The van der Waals surface area contributed by atoms with Crippen LogP contribution in [0.25, 0.3) is 0 Å². The van der Waals surface area contributed by atoms with Gasteiger partial charge in [-0.25, -0.2) is 4.79 Å². The summed E-state index contributed by atoms with van der Waals surface area (Å²) < 4.78 is 9.50. The molecule has 0 saturated carbocycles. The molecule has 0 aliphatic heterocycles. The van der Waals surface area contributed by atoms with Gasteiger partial charge < -0.3 is 20.1 Å². The van der Waals surface area contributed by atoms with Crippen molar-refractivity contribution < 1.29 is 19.1 Å². The highest BCUT2D eigenvalue weighted by molar-refractivity contribution is 5.82. The van der Waals surface area contributed by atoms with Crippen molar-refractivity contribution in [1.82, 2.24) is 10.6 Å². The number of ether oxygens (including phenoxy) is 2. The van der Waals surface area contributed by atoms with Crippen molar-refractivity contribution in [2.75, 3.05) is 20.8 Å². The Kier molecular flexibility index (Phi) is 5.50. The number of carbonyl (C=O) groups is 2. The molecular weight excluding hydrogens is 236 g/mol. The van der Waals surface area contributed by atoms with Gasteiger partial charge >= 0.3 is 6.09 Å². The van der Waals surface area contributed by atoms with Crippen LogP contribution < -0.4 is 15.4 Å². The van der Waals surface area contributed by atoms with Crippen LogP contribution in [0.1, 0.15) is 5.56 Å². The van der Waals surface area contributed by atoms with E-state index in [-0.39, 0.29) is 12.5 Å². The minimum atomic E-state index is -0.637. The van der Waals surface area contributed by atoms with E-state index in [1.54, 1.807) is 7.11 Å². The van der Waals surface area contributed by atoms with Crippen LogP contribution in [0, 0.1) is 0 Å². The van der Waals surface area contributed by atoms with Gasteiger partial charge in [-0.3, -0.25) is 4.79 Å². The number of benzene rings is 1. The van der Waals surface area contributed by atoms with Gasteiger partial charge in [0.1, 0.15) is 12.3 Å². The fourth-order valence-electron chi connectivity index (χ4n) is 1.33. The summed E-state index contributed by atoms with van der Waals surface area (Å²) in [5.41, 5.74) is 0.867. The zero-order valence-electron chi connectivity index (χ0n) is 10.4. The van der Waals surface area contributed by atoms with E-state index in [1.165, 1.54) is 7.11 Å². The SMILES string of the molecule is COC(=O)NCC(=O)NCc1ccccc1OC. The molecule has 0 saturated heterocycles. The first-order chi connectivity index (χ1) is 8.67. The van der Waals surface area contributed by atoms with Crippen molar-refractivity contribution in [1.29, 1.82) is 0 Å². The molecule has 0 atom stereocenters. The zero-order valence-corrected chi connectivity index (χ0v) is 10.4. The molecule has 0 bridgehead atoms. The number of nitrogens with one attached hydrogen (secondary N) is 2. The Morgan fingerprint density at radius 2 is 1.89 bits per heavy atom. The topological polar surface area (TPSA) is 76.7 Å². The average Bonchev–Trinajstić information content (AvgIpc) is 2.42. The Bertz CT molecular complexity index is 420. The highest BCUT2D eigenvalue weighted by Gasteiger charge is 2.06. The van der Waals surface area contributed by atoms with Gasteiger partial charge in [-0.05, 0) is 6.07 Å². The Morgan fingerprint density at radius 3 is 2.56 bits per heavy atom. The van der Waals surface area contributed by atoms with E-state index in [0.717, 1.165) is 5.56 Å². The standard InChI is InChI=1S/C12H16N2O4/c1-17-10-6-4-3-5-9(10)7-13-11(15)8-14-12(16)18-2/h3-6H,7-8H2,1-2H3,(H,13,15)(H,14,16). The third-order valence-electron chi connectivity index (χ3n) is 2.25. The molecule has 0 radical (unpaired) electrons. The van der Waals surface area contributed by atoms with Crippen molar-refractivity contribution in [3.63, 3.8) is 0 Å². The van der Waals surface area contributed by atoms with Crippen molar-refractivity contribution in [2.24, 2.45) is 0 Å². The third kappa shape index (κ3) is 4.32. The molecule has 0 aliphatic carbocycles. The van der Waals surface area contributed by atoms with Crippen LogP contribution in [0.2, 0.25) is 0 Å². The molecule has 0 heterocycles. The van der Waals surface area contributed by atoms with Gasteiger partial charge in [0.05, 0.1) is 14.2 Å². The maximum Gasteiger partial charge on any atom is 0.407 e. The molecule has 0 fully saturated rings. The molecule has 0 unspecified atom stereocenters. The van der Waals surface area contributed by atoms with Crippen molar-refractivity contribution in [3.05, 3.63) is 29.8 Å². The Labute approximate surface area is 105 Å². The predicted octanol–water partition coefficient (Wildman–Crippen LogP) is 0.667. The third-order valence-corrected chi connectivity index (χ3v) is 2.25. The van der Waals surface area contributed by atoms with Gasteiger partial charge in [-0.15, -0.1) is 0 Å². The van der Waals surface area contributed by atoms with Crippen LogP contribution in [-0.4, -0.2) is 32.8 Å². The van der Waals surface area contributed by atoms with Crippen LogP contribution >= 0.6 is 0 Å². The molecule has 98 valence electrons. The molecule has 6 nitrogen and oxygen atoms in total. The minimum Gasteiger partial charge on any atom is -0.496 e. The lowest BCUT2D eigenvalue weighted by molar-refractivity contribution is -0.120. The first kappa shape index (κ1) is 13.8. The van der Waals surface area contributed by atoms with Gasteiger partial charge in [0, 0.05) is 12.1 Å². The molecule has 2 amide bonds. The van der Waals surface area contributed by atoms with Crippen LogP contribution in [0.4, 0.5) is 4.79 Å². The molecular formula is C12H16N2O4. The van der Waals surface area contributed by atoms with E-state index < -0.39 is 6.09 Å². The molecule has 1 rings (SSSR count). The molecule has 1 aromatic rings. The molecule has 0 aromatic heterocycles. The summed E-state index contributed by atoms with van der Waals surface area (Å²) in [5, 5.41) is 4.96. The second-order valence-corrected chi connectivity index (χ2v) is 3.43. The summed E-state index contributed by atoms with van der Waals surface area (Å²) in [5.74, 6) is 0.407. The highest BCUT2D eigenvalue weighted by Crippen LogP contribution is 2.16. The summed E-state index contributed by atoms with van der Waals surface area (Å²) in [4.78, 5) is 22.2. The quantitative estimate of drug-likeness (QED) is 0.807. The lowest BCUT2D eigenvalue weighted by Gasteiger charge is -2.09. The summed E-state index contributed by atoms with van der Waals surface area (Å²) in [7, 11) is 2.81. The van der Waals surface area contributed by atoms with Crippen molar-refractivity contribution in [2.45, 2.75) is 6.54 Å². The van der Waals surface area contributed by atoms with Gasteiger partial charge in [-0.1, -0.05) is 18.2 Å². The number of para-hydroxylation sites is 1. The molecule has 2 N–H and O–H groups in total. The predicted molar refractivity (Wildman–Crippen MR) is 65.2 cm³/mol. The number of carbonyl (C=O) groups excluding carboxylic acids is 2. The number of rotatable bonds is 5. The minimum absolute atomic E-state index is 0.123. The van der Waals surface area contributed by atoms with E-state index in [9.17, 15) is 9.59 Å². The molecule has 18 heavy (non-hydrogen) atoms. The summed E-state index contributed by atoms with van der Waals surface area (Å²) >= 11 is 0. The molecule has 6 heteroatoms. The van der Waals surface area contributed by atoms with Crippen LogP contribution in [-0.2, 0) is 16.1 Å². The summed E-state index contributed by atoms with van der Waals surface area (Å²) in [6, 6.07) is 7.38. The Morgan fingerprint density at radius 1 is 1.17 bits per heavy atom. The molecule has 0 aliphatic rings.